The van der Waals surface area contributed by atoms with E-state index in [-0.39, 0.29) is 5.91 Å². The predicted molar refractivity (Wildman–Crippen MR) is 90.0 cm³/mol. The van der Waals surface area contributed by atoms with Crippen molar-refractivity contribution in [1.29, 1.82) is 0 Å². The second-order valence-corrected chi connectivity index (χ2v) is 6.10. The van der Waals surface area contributed by atoms with E-state index in [1.807, 2.05) is 66.0 Å². The van der Waals surface area contributed by atoms with E-state index in [0.29, 0.717) is 13.1 Å². The molecule has 122 valence electrons. The molecule has 0 fully saturated rings. The third-order valence-corrected chi connectivity index (χ3v) is 4.56. The molecule has 0 atom stereocenters. The van der Waals surface area contributed by atoms with Gasteiger partial charge in [0.1, 0.15) is 5.82 Å². The molecule has 0 bridgehead atoms. The molecule has 6 heteroatoms. The van der Waals surface area contributed by atoms with Crippen LogP contribution < -0.4 is 0 Å². The van der Waals surface area contributed by atoms with E-state index in [1.54, 1.807) is 0 Å². The van der Waals surface area contributed by atoms with Gasteiger partial charge in [-0.25, -0.2) is 0 Å². The molecule has 24 heavy (non-hydrogen) atoms. The van der Waals surface area contributed by atoms with Gasteiger partial charge in [0.05, 0.1) is 17.8 Å². The molecule has 1 amide bonds. The minimum Gasteiger partial charge on any atom is -0.329 e. The minimum absolute atomic E-state index is 0.0364. The molecule has 1 aromatic carbocycles. The molecule has 0 N–H and O–H groups in total. The smallest absolute Gasteiger partial charge is 0.256 e. The lowest BCUT2D eigenvalue weighted by Crippen LogP contribution is -2.39. The lowest BCUT2D eigenvalue weighted by Gasteiger charge is -2.28. The van der Waals surface area contributed by atoms with Gasteiger partial charge in [0.15, 0.2) is 5.82 Å². The number of hydrogen-bond acceptors (Lipinski definition) is 3. The van der Waals surface area contributed by atoms with Crippen molar-refractivity contribution in [2.75, 3.05) is 6.54 Å². The predicted octanol–water partition coefficient (Wildman–Crippen LogP) is 2.34. The lowest BCUT2D eigenvalue weighted by atomic mass is 10.1. The largest absolute Gasteiger partial charge is 0.329 e. The van der Waals surface area contributed by atoms with Crippen LogP contribution in [0.4, 0.5) is 0 Å². The van der Waals surface area contributed by atoms with Gasteiger partial charge in [0.2, 0.25) is 0 Å². The Hall–Kier alpha value is -2.89. The molecule has 6 nitrogen and oxygen atoms in total. The van der Waals surface area contributed by atoms with Crippen molar-refractivity contribution in [3.8, 4) is 5.69 Å². The van der Waals surface area contributed by atoms with Gasteiger partial charge in [-0.2, -0.15) is 0 Å². The van der Waals surface area contributed by atoms with Gasteiger partial charge in [-0.3, -0.25) is 4.79 Å². The van der Waals surface area contributed by atoms with Crippen LogP contribution in [0.1, 0.15) is 27.6 Å². The number of para-hydroxylation sites is 1. The highest BCUT2D eigenvalue weighted by atomic mass is 16.2. The van der Waals surface area contributed by atoms with E-state index in [2.05, 4.69) is 14.8 Å². The molecule has 2 aromatic heterocycles. The monoisotopic (exact) mass is 321 g/mol. The Labute approximate surface area is 140 Å². The van der Waals surface area contributed by atoms with E-state index < -0.39 is 0 Å². The summed E-state index contributed by atoms with van der Waals surface area (Å²) in [4.78, 5) is 15.0. The van der Waals surface area contributed by atoms with Crippen LogP contribution in [-0.4, -0.2) is 36.7 Å². The molecular formula is C18H19N5O. The second kappa shape index (κ2) is 5.63. The molecule has 4 rings (SSSR count). The van der Waals surface area contributed by atoms with Gasteiger partial charge in [-0.15, -0.1) is 10.2 Å². The summed E-state index contributed by atoms with van der Waals surface area (Å²) >= 11 is 0. The van der Waals surface area contributed by atoms with Crippen molar-refractivity contribution >= 4 is 5.91 Å². The van der Waals surface area contributed by atoms with E-state index >= 15 is 0 Å². The highest BCUT2D eigenvalue weighted by Gasteiger charge is 2.26. The van der Waals surface area contributed by atoms with Crippen LogP contribution in [0, 0.1) is 13.8 Å². The zero-order valence-corrected chi connectivity index (χ0v) is 13.8. The third-order valence-electron chi connectivity index (χ3n) is 4.56. The summed E-state index contributed by atoms with van der Waals surface area (Å²) in [6, 6.07) is 9.80. The van der Waals surface area contributed by atoms with Crippen molar-refractivity contribution < 1.29 is 4.79 Å². The van der Waals surface area contributed by atoms with E-state index in [9.17, 15) is 4.79 Å². The van der Waals surface area contributed by atoms with Crippen molar-refractivity contribution in [2.24, 2.45) is 0 Å². The Morgan fingerprint density at radius 3 is 2.62 bits per heavy atom. The summed E-state index contributed by atoms with van der Waals surface area (Å²) in [5.74, 6) is 1.79. The van der Waals surface area contributed by atoms with Crippen molar-refractivity contribution in [2.45, 2.75) is 26.9 Å². The Morgan fingerprint density at radius 1 is 1.04 bits per heavy atom. The molecule has 1 aliphatic heterocycles. The molecule has 1 aliphatic rings. The lowest BCUT2D eigenvalue weighted by molar-refractivity contribution is 0.0706. The number of amides is 1. The minimum atomic E-state index is 0.0364. The maximum atomic E-state index is 13.1. The van der Waals surface area contributed by atoms with Gasteiger partial charge in [0, 0.05) is 25.5 Å². The number of carbonyl (C=O) groups excluding carboxylic acids is 1. The summed E-state index contributed by atoms with van der Waals surface area (Å²) in [6.07, 6.45) is 3.94. The third kappa shape index (κ3) is 2.31. The second-order valence-electron chi connectivity index (χ2n) is 6.10. The summed E-state index contributed by atoms with van der Waals surface area (Å²) < 4.78 is 4.08. The zero-order valence-electron chi connectivity index (χ0n) is 13.8. The fraction of sp³-hybridized carbons (Fsp3) is 0.278. The molecule has 3 heterocycles. The van der Waals surface area contributed by atoms with E-state index in [4.69, 9.17) is 0 Å². The maximum Gasteiger partial charge on any atom is 0.256 e. The van der Waals surface area contributed by atoms with Gasteiger partial charge >= 0.3 is 0 Å². The Morgan fingerprint density at radius 2 is 1.83 bits per heavy atom. The highest BCUT2D eigenvalue weighted by molar-refractivity contribution is 5.98. The fourth-order valence-corrected chi connectivity index (χ4v) is 3.30. The molecule has 0 unspecified atom stereocenters. The molecule has 0 spiro atoms. The SMILES string of the molecule is Cc1cccc(C(=O)N2CCn3c(C)nnc3C2)c1-n1cccc1. The van der Waals surface area contributed by atoms with E-state index in [0.717, 1.165) is 35.0 Å². The van der Waals surface area contributed by atoms with Crippen LogP contribution in [0.2, 0.25) is 0 Å². The summed E-state index contributed by atoms with van der Waals surface area (Å²) in [5, 5.41) is 8.29. The summed E-state index contributed by atoms with van der Waals surface area (Å²) in [5.41, 5.74) is 2.74. The molecule has 3 aromatic rings. The van der Waals surface area contributed by atoms with E-state index in [1.165, 1.54) is 0 Å². The number of aryl methyl sites for hydroxylation is 2. The number of rotatable bonds is 2. The molecule has 0 aliphatic carbocycles. The maximum absolute atomic E-state index is 13.1. The zero-order chi connectivity index (χ0) is 16.7. The normalized spacial score (nSPS) is 13.8. The highest BCUT2D eigenvalue weighted by Crippen LogP contribution is 2.23. The van der Waals surface area contributed by atoms with Gasteiger partial charge in [0.25, 0.3) is 5.91 Å². The summed E-state index contributed by atoms with van der Waals surface area (Å²) in [7, 11) is 0. The first-order valence-corrected chi connectivity index (χ1v) is 8.06. The molecular weight excluding hydrogens is 302 g/mol. The average Bonchev–Trinajstić information content (AvgIpc) is 3.24. The standard InChI is InChI=1S/C18H19N5O/c1-13-6-5-7-15(17(13)21-8-3-4-9-21)18(24)22-10-11-23-14(2)19-20-16(23)12-22/h3-9H,10-12H2,1-2H3. The summed E-state index contributed by atoms with van der Waals surface area (Å²) in [6.45, 7) is 5.88. The number of aromatic nitrogens is 4. The first kappa shape index (κ1) is 14.7. The fourth-order valence-electron chi connectivity index (χ4n) is 3.30. The molecule has 0 radical (unpaired) electrons. The Bertz CT molecular complexity index is 894. The number of fused-ring (bicyclic) bond motifs is 1. The number of carbonyl (C=O) groups is 1. The van der Waals surface area contributed by atoms with Crippen LogP contribution in [0.25, 0.3) is 5.69 Å². The van der Waals surface area contributed by atoms with Crippen molar-refractivity contribution in [3.05, 3.63) is 65.5 Å². The quantitative estimate of drug-likeness (QED) is 0.728. The van der Waals surface area contributed by atoms with Crippen molar-refractivity contribution in [3.63, 3.8) is 0 Å². The van der Waals surface area contributed by atoms with Gasteiger partial charge in [-0.05, 0) is 37.6 Å². The van der Waals surface area contributed by atoms with Crippen LogP contribution in [0.3, 0.4) is 0 Å². The molecule has 0 saturated heterocycles. The average molecular weight is 321 g/mol. The van der Waals surface area contributed by atoms with Gasteiger partial charge < -0.3 is 14.0 Å². The van der Waals surface area contributed by atoms with Crippen LogP contribution >= 0.6 is 0 Å². The number of hydrogen-bond donors (Lipinski definition) is 0. The Balaban J connectivity index is 1.70. The first-order valence-electron chi connectivity index (χ1n) is 8.06. The van der Waals surface area contributed by atoms with Crippen LogP contribution in [0.5, 0.6) is 0 Å². The van der Waals surface area contributed by atoms with Gasteiger partial charge in [-0.1, -0.05) is 12.1 Å². The molecule has 0 saturated carbocycles. The first-order chi connectivity index (χ1) is 11.6. The van der Waals surface area contributed by atoms with Crippen molar-refractivity contribution in [1.82, 2.24) is 24.2 Å². The van der Waals surface area contributed by atoms with Crippen LogP contribution in [-0.2, 0) is 13.1 Å². The van der Waals surface area contributed by atoms with Crippen LogP contribution in [0.15, 0.2) is 42.7 Å². The Kier molecular flexibility index (Phi) is 3.45. The number of nitrogens with zero attached hydrogens (tertiary/aromatic N) is 5. The topological polar surface area (TPSA) is 56.0 Å². The number of benzene rings is 1.